The molecule has 0 aliphatic carbocycles. The highest BCUT2D eigenvalue weighted by Gasteiger charge is 2.24. The summed E-state index contributed by atoms with van der Waals surface area (Å²) in [4.78, 5) is 12.2. The molecule has 108 valence electrons. The zero-order valence-corrected chi connectivity index (χ0v) is 12.1. The molecule has 0 amide bonds. The summed E-state index contributed by atoms with van der Waals surface area (Å²) in [5.41, 5.74) is 2.82. The second-order valence-electron chi connectivity index (χ2n) is 5.29. The van der Waals surface area contributed by atoms with Crippen molar-refractivity contribution in [2.45, 2.75) is 25.8 Å². The van der Waals surface area contributed by atoms with E-state index in [1.54, 1.807) is 0 Å². The molecule has 3 rings (SSSR count). The summed E-state index contributed by atoms with van der Waals surface area (Å²) in [6.07, 6.45) is 1.49. The van der Waals surface area contributed by atoms with Crippen molar-refractivity contribution < 1.29 is 9.53 Å². The Kier molecular flexibility index (Phi) is 3.91. The predicted molar refractivity (Wildman–Crippen MR) is 84.0 cm³/mol. The number of nitrogens with one attached hydrogen (secondary N) is 1. The van der Waals surface area contributed by atoms with Crippen molar-refractivity contribution in [1.82, 2.24) is 0 Å². The van der Waals surface area contributed by atoms with E-state index in [9.17, 15) is 4.79 Å². The summed E-state index contributed by atoms with van der Waals surface area (Å²) in [6, 6.07) is 15.7. The van der Waals surface area contributed by atoms with E-state index < -0.39 is 0 Å². The smallest absolute Gasteiger partial charge is 0.167 e. The van der Waals surface area contributed by atoms with E-state index in [-0.39, 0.29) is 11.8 Å². The highest BCUT2D eigenvalue weighted by Crippen LogP contribution is 2.32. The highest BCUT2D eigenvalue weighted by molar-refractivity contribution is 6.03. The molecule has 0 aromatic heterocycles. The number of hydrogen-bond acceptors (Lipinski definition) is 3. The molecule has 0 saturated heterocycles. The van der Waals surface area contributed by atoms with Gasteiger partial charge in [-0.25, -0.2) is 0 Å². The van der Waals surface area contributed by atoms with Crippen molar-refractivity contribution in [3.8, 4) is 5.75 Å². The van der Waals surface area contributed by atoms with Crippen LogP contribution in [-0.2, 0) is 0 Å². The fraction of sp³-hybridized carbons (Fsp3) is 0.278. The molecule has 1 N–H and O–H groups in total. The van der Waals surface area contributed by atoms with Crippen LogP contribution in [0.2, 0.25) is 0 Å². The van der Waals surface area contributed by atoms with Crippen LogP contribution in [0.5, 0.6) is 5.75 Å². The van der Waals surface area contributed by atoms with Crippen molar-refractivity contribution in [2.24, 2.45) is 0 Å². The Morgan fingerprint density at radius 1 is 1.14 bits per heavy atom. The van der Waals surface area contributed by atoms with Crippen molar-refractivity contribution in [3.05, 3.63) is 59.7 Å². The van der Waals surface area contributed by atoms with Crippen LogP contribution in [0, 0.1) is 0 Å². The molecule has 21 heavy (non-hydrogen) atoms. The number of benzene rings is 2. The van der Waals surface area contributed by atoms with Gasteiger partial charge in [-0.3, -0.25) is 4.79 Å². The molecular weight excluding hydrogens is 262 g/mol. The first-order valence-corrected chi connectivity index (χ1v) is 7.39. The van der Waals surface area contributed by atoms with Gasteiger partial charge in [0.2, 0.25) is 0 Å². The lowest BCUT2D eigenvalue weighted by Gasteiger charge is -2.26. The minimum atomic E-state index is 0.0348. The van der Waals surface area contributed by atoms with Gasteiger partial charge in [-0.1, -0.05) is 31.2 Å². The first-order chi connectivity index (χ1) is 10.3. The summed E-state index contributed by atoms with van der Waals surface area (Å²) in [5, 5.41) is 3.44. The lowest BCUT2D eigenvalue weighted by Crippen LogP contribution is -2.22. The Morgan fingerprint density at radius 3 is 2.67 bits per heavy atom. The van der Waals surface area contributed by atoms with E-state index in [4.69, 9.17) is 4.74 Å². The molecule has 0 bridgehead atoms. The van der Waals surface area contributed by atoms with Crippen LogP contribution in [0.25, 0.3) is 0 Å². The third kappa shape index (κ3) is 2.92. The summed E-state index contributed by atoms with van der Waals surface area (Å²) < 4.78 is 5.59. The fourth-order valence-corrected chi connectivity index (χ4v) is 2.60. The third-order valence-corrected chi connectivity index (χ3v) is 3.70. The molecule has 1 aliphatic heterocycles. The van der Waals surface area contributed by atoms with Gasteiger partial charge in [0.15, 0.2) is 5.78 Å². The molecule has 2 aromatic carbocycles. The standard InChI is InChI=1S/C18H19NO2/c1-2-11-21-14-9-7-13(8-10-14)17-12-18(20)15-5-3-4-6-16(15)19-17/h3-10,17,19H,2,11-12H2,1H3. The number of hydrogen-bond donors (Lipinski definition) is 1. The highest BCUT2D eigenvalue weighted by atomic mass is 16.5. The summed E-state index contributed by atoms with van der Waals surface area (Å²) in [5.74, 6) is 1.07. The van der Waals surface area contributed by atoms with Crippen LogP contribution >= 0.6 is 0 Å². The first kappa shape index (κ1) is 13.7. The van der Waals surface area contributed by atoms with Gasteiger partial charge in [-0.2, -0.15) is 0 Å². The Hall–Kier alpha value is -2.29. The molecule has 1 unspecified atom stereocenters. The lowest BCUT2D eigenvalue weighted by atomic mass is 9.92. The minimum absolute atomic E-state index is 0.0348. The minimum Gasteiger partial charge on any atom is -0.494 e. The van der Waals surface area contributed by atoms with Gasteiger partial charge in [-0.15, -0.1) is 0 Å². The van der Waals surface area contributed by atoms with E-state index in [0.717, 1.165) is 35.6 Å². The maximum atomic E-state index is 12.2. The van der Waals surface area contributed by atoms with Crippen LogP contribution in [-0.4, -0.2) is 12.4 Å². The van der Waals surface area contributed by atoms with Crippen LogP contribution in [0.1, 0.15) is 41.7 Å². The Morgan fingerprint density at radius 2 is 1.90 bits per heavy atom. The van der Waals surface area contributed by atoms with E-state index in [0.29, 0.717) is 6.42 Å². The molecule has 0 fully saturated rings. The number of ether oxygens (including phenoxy) is 1. The van der Waals surface area contributed by atoms with Crippen molar-refractivity contribution in [1.29, 1.82) is 0 Å². The van der Waals surface area contributed by atoms with Gasteiger partial charge in [0.05, 0.1) is 12.6 Å². The molecule has 0 radical (unpaired) electrons. The average molecular weight is 281 g/mol. The van der Waals surface area contributed by atoms with Crippen molar-refractivity contribution >= 4 is 11.5 Å². The van der Waals surface area contributed by atoms with Crippen LogP contribution in [0.15, 0.2) is 48.5 Å². The number of anilines is 1. The van der Waals surface area contributed by atoms with Gasteiger partial charge in [-0.05, 0) is 36.2 Å². The average Bonchev–Trinajstić information content (AvgIpc) is 2.53. The van der Waals surface area contributed by atoms with E-state index in [1.165, 1.54) is 0 Å². The number of para-hydroxylation sites is 1. The van der Waals surface area contributed by atoms with Crippen molar-refractivity contribution in [2.75, 3.05) is 11.9 Å². The molecule has 0 spiro atoms. The second-order valence-corrected chi connectivity index (χ2v) is 5.29. The Balaban J connectivity index is 1.78. The quantitative estimate of drug-likeness (QED) is 0.912. The van der Waals surface area contributed by atoms with E-state index in [1.807, 2.05) is 48.5 Å². The molecule has 1 heterocycles. The largest absolute Gasteiger partial charge is 0.494 e. The number of fused-ring (bicyclic) bond motifs is 1. The predicted octanol–water partition coefficient (Wildman–Crippen LogP) is 4.22. The number of ketones is 1. The number of Topliss-reactive ketones (excluding diaryl/α,β-unsaturated/α-hetero) is 1. The maximum absolute atomic E-state index is 12.2. The molecule has 3 nitrogen and oxygen atoms in total. The molecular formula is C18H19NO2. The Labute approximate surface area is 124 Å². The lowest BCUT2D eigenvalue weighted by molar-refractivity contribution is 0.0972. The number of rotatable bonds is 4. The second kappa shape index (κ2) is 6.00. The van der Waals surface area contributed by atoms with Gasteiger partial charge in [0, 0.05) is 17.7 Å². The zero-order chi connectivity index (χ0) is 14.7. The van der Waals surface area contributed by atoms with Gasteiger partial charge < -0.3 is 10.1 Å². The van der Waals surface area contributed by atoms with Gasteiger partial charge >= 0.3 is 0 Å². The zero-order valence-electron chi connectivity index (χ0n) is 12.1. The maximum Gasteiger partial charge on any atom is 0.167 e. The molecule has 2 aromatic rings. The molecule has 0 saturated carbocycles. The fourth-order valence-electron chi connectivity index (χ4n) is 2.60. The van der Waals surface area contributed by atoms with Crippen molar-refractivity contribution in [3.63, 3.8) is 0 Å². The molecule has 1 atom stereocenters. The summed E-state index contributed by atoms with van der Waals surface area (Å²) in [7, 11) is 0. The van der Waals surface area contributed by atoms with Crippen LogP contribution in [0.3, 0.4) is 0 Å². The third-order valence-electron chi connectivity index (χ3n) is 3.70. The topological polar surface area (TPSA) is 38.3 Å². The summed E-state index contributed by atoms with van der Waals surface area (Å²) in [6.45, 7) is 2.82. The number of carbonyl (C=O) groups excluding carboxylic acids is 1. The molecule has 1 aliphatic rings. The number of carbonyl (C=O) groups is 1. The van der Waals surface area contributed by atoms with Gasteiger partial charge in [0.25, 0.3) is 0 Å². The normalized spacial score (nSPS) is 17.0. The van der Waals surface area contributed by atoms with Crippen LogP contribution < -0.4 is 10.1 Å². The molecule has 3 heteroatoms. The summed E-state index contributed by atoms with van der Waals surface area (Å²) >= 11 is 0. The van der Waals surface area contributed by atoms with E-state index in [2.05, 4.69) is 12.2 Å². The Bertz CT molecular complexity index is 634. The SMILES string of the molecule is CCCOc1ccc(C2CC(=O)c3ccccc3N2)cc1. The van der Waals surface area contributed by atoms with E-state index >= 15 is 0 Å². The van der Waals surface area contributed by atoms with Crippen LogP contribution in [0.4, 0.5) is 5.69 Å². The van der Waals surface area contributed by atoms with Gasteiger partial charge in [0.1, 0.15) is 5.75 Å². The monoisotopic (exact) mass is 281 g/mol. The first-order valence-electron chi connectivity index (χ1n) is 7.39.